The summed E-state index contributed by atoms with van der Waals surface area (Å²) in [6.45, 7) is 12.7. The van der Waals surface area contributed by atoms with E-state index in [1.54, 1.807) is 5.57 Å². The fourth-order valence-corrected chi connectivity index (χ4v) is 8.83. The molecule has 0 aromatic rings. The molecule has 29 heavy (non-hydrogen) atoms. The van der Waals surface area contributed by atoms with Crippen molar-refractivity contribution < 1.29 is 0 Å². The second kappa shape index (κ2) is 8.36. The first kappa shape index (κ1) is 22.0. The van der Waals surface area contributed by atoms with Crippen molar-refractivity contribution in [2.45, 2.75) is 111 Å². The molecular formula is C27H46BN. The Morgan fingerprint density at radius 1 is 1.03 bits per heavy atom. The van der Waals surface area contributed by atoms with Gasteiger partial charge in [0.2, 0.25) is 0 Å². The molecule has 4 rings (SSSR count). The maximum atomic E-state index is 5.80. The molecule has 4 aliphatic rings. The van der Waals surface area contributed by atoms with Gasteiger partial charge in [0.25, 0.3) is 0 Å². The van der Waals surface area contributed by atoms with Gasteiger partial charge in [-0.2, -0.15) is 0 Å². The third-order valence-electron chi connectivity index (χ3n) is 10.5. The summed E-state index contributed by atoms with van der Waals surface area (Å²) in [6.07, 6.45) is 18.1. The van der Waals surface area contributed by atoms with Crippen LogP contribution in [-0.2, 0) is 0 Å². The van der Waals surface area contributed by atoms with Crippen LogP contribution in [0, 0.1) is 46.3 Å². The predicted molar refractivity (Wildman–Crippen MR) is 126 cm³/mol. The van der Waals surface area contributed by atoms with Gasteiger partial charge in [-0.25, -0.2) is 0 Å². The average Bonchev–Trinajstić information content (AvgIpc) is 3.04. The molecule has 4 aliphatic carbocycles. The molecule has 2 heteroatoms. The second-order valence-corrected chi connectivity index (χ2v) is 12.4. The first-order chi connectivity index (χ1) is 13.8. The van der Waals surface area contributed by atoms with Crippen LogP contribution >= 0.6 is 0 Å². The minimum atomic E-state index is 0.457. The van der Waals surface area contributed by atoms with Crippen LogP contribution < -0.4 is 5.23 Å². The zero-order valence-electron chi connectivity index (χ0n) is 20.0. The standard InChI is InChI=1S/C27H46BN/c1-18(2)7-6-8-19(3)23-11-12-24-22-10-9-20-17-21(29-28)13-15-26(20,4)25(22)14-16-27(23,24)5/h9,18-19,21-25,29H,6-8,10-17H2,1-5H3/t19-,21+,22+,23-,24+,25+,26+,27-/m1/s1. The molecule has 2 radical (unpaired) electrons. The SMILES string of the molecule is [B]N[C@H]1CC[C@@]2(C)C(=CC[C@H]3[C@@H]4CC[C@H]([C@H](C)CCCC(C)C)[C@@]4(C)CC[C@@H]32)C1. The highest BCUT2D eigenvalue weighted by Gasteiger charge is 2.58. The minimum Gasteiger partial charge on any atom is -0.363 e. The van der Waals surface area contributed by atoms with Crippen LogP contribution in [-0.4, -0.2) is 14.0 Å². The summed E-state index contributed by atoms with van der Waals surface area (Å²) in [7, 11) is 5.80. The van der Waals surface area contributed by atoms with E-state index >= 15 is 0 Å². The Balaban J connectivity index is 1.48. The van der Waals surface area contributed by atoms with Crippen LogP contribution in [0.3, 0.4) is 0 Å². The normalized spacial score (nSPS) is 45.3. The van der Waals surface area contributed by atoms with Gasteiger partial charge in [-0.15, -0.1) is 0 Å². The fraction of sp³-hybridized carbons (Fsp3) is 0.926. The monoisotopic (exact) mass is 395 g/mol. The molecule has 0 saturated heterocycles. The van der Waals surface area contributed by atoms with Crippen molar-refractivity contribution in [2.24, 2.45) is 46.3 Å². The number of hydrogen-bond acceptors (Lipinski definition) is 1. The van der Waals surface area contributed by atoms with Gasteiger partial charge in [0.05, 0.1) is 0 Å². The maximum Gasteiger partial charge on any atom is 0.178 e. The van der Waals surface area contributed by atoms with E-state index < -0.39 is 0 Å². The Morgan fingerprint density at radius 3 is 2.55 bits per heavy atom. The molecule has 1 N–H and O–H groups in total. The van der Waals surface area contributed by atoms with E-state index in [-0.39, 0.29) is 0 Å². The summed E-state index contributed by atoms with van der Waals surface area (Å²) in [5, 5.41) is 3.07. The van der Waals surface area contributed by atoms with Gasteiger partial charge >= 0.3 is 0 Å². The van der Waals surface area contributed by atoms with Gasteiger partial charge in [0, 0.05) is 0 Å². The molecule has 0 bridgehead atoms. The highest BCUT2D eigenvalue weighted by molar-refractivity contribution is 6.04. The zero-order chi connectivity index (χ0) is 20.8. The number of nitrogens with one attached hydrogen (secondary N) is 1. The second-order valence-electron chi connectivity index (χ2n) is 12.4. The summed E-state index contributed by atoms with van der Waals surface area (Å²) in [5.74, 6) is 5.58. The number of allylic oxidation sites excluding steroid dienone is 1. The lowest BCUT2D eigenvalue weighted by Gasteiger charge is -2.58. The molecular weight excluding hydrogens is 349 g/mol. The van der Waals surface area contributed by atoms with Crippen LogP contribution in [0.25, 0.3) is 0 Å². The van der Waals surface area contributed by atoms with Crippen LogP contribution in [0.15, 0.2) is 11.6 Å². The summed E-state index contributed by atoms with van der Waals surface area (Å²) in [5.41, 5.74) is 2.81. The largest absolute Gasteiger partial charge is 0.363 e. The lowest BCUT2D eigenvalue weighted by Crippen LogP contribution is -2.51. The van der Waals surface area contributed by atoms with E-state index in [0.717, 1.165) is 35.5 Å². The Labute approximate surface area is 182 Å². The van der Waals surface area contributed by atoms with Gasteiger partial charge in [-0.3, -0.25) is 0 Å². The predicted octanol–water partition coefficient (Wildman–Crippen LogP) is 7.07. The van der Waals surface area contributed by atoms with Crippen molar-refractivity contribution in [3.63, 3.8) is 0 Å². The van der Waals surface area contributed by atoms with E-state index in [1.807, 2.05) is 0 Å². The molecule has 1 nitrogen and oxygen atoms in total. The van der Waals surface area contributed by atoms with E-state index in [9.17, 15) is 0 Å². The first-order valence-corrected chi connectivity index (χ1v) is 12.9. The Bertz CT molecular complexity index is 612. The topological polar surface area (TPSA) is 12.0 Å². The number of hydrogen-bond donors (Lipinski definition) is 1. The van der Waals surface area contributed by atoms with Gasteiger partial charge < -0.3 is 5.23 Å². The molecule has 3 saturated carbocycles. The third-order valence-corrected chi connectivity index (χ3v) is 10.5. The van der Waals surface area contributed by atoms with E-state index in [1.165, 1.54) is 70.6 Å². The van der Waals surface area contributed by atoms with Crippen molar-refractivity contribution in [1.29, 1.82) is 0 Å². The highest BCUT2D eigenvalue weighted by atomic mass is 14.8. The summed E-state index contributed by atoms with van der Waals surface area (Å²) in [4.78, 5) is 0. The van der Waals surface area contributed by atoms with Crippen LogP contribution in [0.4, 0.5) is 0 Å². The van der Waals surface area contributed by atoms with Crippen molar-refractivity contribution in [2.75, 3.05) is 0 Å². The van der Waals surface area contributed by atoms with E-state index in [0.29, 0.717) is 16.9 Å². The van der Waals surface area contributed by atoms with Crippen molar-refractivity contribution in [3.05, 3.63) is 11.6 Å². The van der Waals surface area contributed by atoms with E-state index in [2.05, 4.69) is 45.9 Å². The summed E-state index contributed by atoms with van der Waals surface area (Å²) in [6, 6.07) is 0.502. The Morgan fingerprint density at radius 2 is 1.83 bits per heavy atom. The molecule has 0 spiro atoms. The molecule has 0 amide bonds. The number of fused-ring (bicyclic) bond motifs is 5. The van der Waals surface area contributed by atoms with Gasteiger partial charge in [0.1, 0.15) is 0 Å². The fourth-order valence-electron chi connectivity index (χ4n) is 8.83. The van der Waals surface area contributed by atoms with Crippen molar-refractivity contribution in [1.82, 2.24) is 5.23 Å². The average molecular weight is 395 g/mol. The van der Waals surface area contributed by atoms with E-state index in [4.69, 9.17) is 7.98 Å². The van der Waals surface area contributed by atoms with Crippen LogP contribution in [0.5, 0.6) is 0 Å². The Hall–Kier alpha value is -0.235. The molecule has 3 fully saturated rings. The number of rotatable bonds is 6. The van der Waals surface area contributed by atoms with Crippen LogP contribution in [0.2, 0.25) is 0 Å². The van der Waals surface area contributed by atoms with Gasteiger partial charge in [-0.1, -0.05) is 65.5 Å². The van der Waals surface area contributed by atoms with Gasteiger partial charge in [-0.05, 0) is 104 Å². The molecule has 0 unspecified atom stereocenters. The highest BCUT2D eigenvalue weighted by Crippen LogP contribution is 2.67. The molecule has 0 aromatic carbocycles. The smallest absolute Gasteiger partial charge is 0.178 e. The first-order valence-electron chi connectivity index (χ1n) is 12.9. The minimum absolute atomic E-state index is 0.457. The van der Waals surface area contributed by atoms with Crippen molar-refractivity contribution >= 4 is 7.98 Å². The molecule has 162 valence electrons. The Kier molecular flexibility index (Phi) is 6.34. The lowest BCUT2D eigenvalue weighted by atomic mass is 9.47. The molecule has 0 aromatic heterocycles. The molecule has 0 aliphatic heterocycles. The quantitative estimate of drug-likeness (QED) is 0.375. The summed E-state index contributed by atoms with van der Waals surface area (Å²) >= 11 is 0. The molecule has 8 atom stereocenters. The van der Waals surface area contributed by atoms with Gasteiger partial charge in [0.15, 0.2) is 7.98 Å². The third kappa shape index (κ3) is 3.79. The summed E-state index contributed by atoms with van der Waals surface area (Å²) < 4.78 is 0. The van der Waals surface area contributed by atoms with Crippen LogP contribution in [0.1, 0.15) is 105 Å². The maximum absolute atomic E-state index is 5.80. The lowest BCUT2D eigenvalue weighted by molar-refractivity contribution is -0.0511. The van der Waals surface area contributed by atoms with Crippen molar-refractivity contribution in [3.8, 4) is 0 Å². The molecule has 0 heterocycles. The zero-order valence-corrected chi connectivity index (χ0v) is 20.0.